The highest BCUT2D eigenvalue weighted by Gasteiger charge is 2.33. The number of rotatable bonds is 2. The van der Waals surface area contributed by atoms with E-state index >= 15 is 0 Å². The summed E-state index contributed by atoms with van der Waals surface area (Å²) in [5, 5.41) is 18.3. The number of carbonyl (C=O) groups is 1. The molecule has 3 atom stereocenters. The maximum atomic E-state index is 11.6. The third-order valence-corrected chi connectivity index (χ3v) is 3.18. The van der Waals surface area contributed by atoms with Gasteiger partial charge in [-0.05, 0) is 13.2 Å². The van der Waals surface area contributed by atoms with Crippen molar-refractivity contribution in [1.82, 2.24) is 4.90 Å². The molecule has 1 unspecified atom stereocenters. The van der Waals surface area contributed by atoms with Crippen LogP contribution in [0.25, 0.3) is 0 Å². The van der Waals surface area contributed by atoms with Crippen molar-refractivity contribution in [2.45, 2.75) is 24.4 Å². The van der Waals surface area contributed by atoms with Gasteiger partial charge in [-0.1, -0.05) is 0 Å². The molecule has 0 bridgehead atoms. The highest BCUT2D eigenvalue weighted by atomic mass is 32.2. The van der Waals surface area contributed by atoms with Crippen LogP contribution in [0.2, 0.25) is 0 Å². The number of hydrogen-bond acceptors (Lipinski definition) is 4. The van der Waals surface area contributed by atoms with Crippen molar-refractivity contribution in [2.75, 3.05) is 19.3 Å². The van der Waals surface area contributed by atoms with Crippen molar-refractivity contribution in [2.24, 2.45) is 0 Å². The van der Waals surface area contributed by atoms with E-state index in [2.05, 4.69) is 0 Å². The summed E-state index contributed by atoms with van der Waals surface area (Å²) in [6.07, 6.45) is 0.307. The lowest BCUT2D eigenvalue weighted by molar-refractivity contribution is -0.129. The van der Waals surface area contributed by atoms with Crippen LogP contribution in [0.5, 0.6) is 0 Å². The Hall–Kier alpha value is -0.260. The Morgan fingerprint density at radius 3 is 2.31 bits per heavy atom. The molecular weight excluding hydrogens is 190 g/mol. The molecule has 0 aromatic rings. The van der Waals surface area contributed by atoms with Gasteiger partial charge >= 0.3 is 0 Å². The number of hydrogen-bond donors (Lipinski definition) is 2. The highest BCUT2D eigenvalue weighted by molar-refractivity contribution is 7.99. The number of likely N-dealkylation sites (tertiary alicyclic amines) is 1. The largest absolute Gasteiger partial charge is 0.388 e. The topological polar surface area (TPSA) is 60.8 Å². The van der Waals surface area contributed by atoms with Gasteiger partial charge in [-0.2, -0.15) is 11.8 Å². The first-order valence-electron chi connectivity index (χ1n) is 4.24. The zero-order chi connectivity index (χ0) is 10.0. The average molecular weight is 205 g/mol. The molecule has 0 aromatic carbocycles. The van der Waals surface area contributed by atoms with E-state index in [0.29, 0.717) is 0 Å². The lowest BCUT2D eigenvalue weighted by Crippen LogP contribution is -2.35. The van der Waals surface area contributed by atoms with Crippen LogP contribution in [0, 0.1) is 0 Å². The minimum absolute atomic E-state index is 0.0110. The summed E-state index contributed by atoms with van der Waals surface area (Å²) in [7, 11) is 0. The molecule has 1 rings (SSSR count). The highest BCUT2D eigenvalue weighted by Crippen LogP contribution is 2.15. The standard InChI is InChI=1S/C8H15NO3S/c1-5(13-2)8(12)9-3-6(10)7(11)4-9/h5-7,10-11H,3-4H2,1-2H3/t5?,6-,7+. The second-order valence-corrected chi connectivity index (χ2v) is 4.43. The third-order valence-electron chi connectivity index (χ3n) is 2.27. The first kappa shape index (κ1) is 10.8. The Morgan fingerprint density at radius 2 is 1.92 bits per heavy atom. The summed E-state index contributed by atoms with van der Waals surface area (Å²) >= 11 is 1.47. The summed E-state index contributed by atoms with van der Waals surface area (Å²) in [5.41, 5.74) is 0. The quantitative estimate of drug-likeness (QED) is 0.626. The van der Waals surface area contributed by atoms with Gasteiger partial charge in [0.25, 0.3) is 0 Å². The minimum atomic E-state index is -0.780. The maximum absolute atomic E-state index is 11.6. The van der Waals surface area contributed by atoms with Crippen molar-refractivity contribution in [3.8, 4) is 0 Å². The molecule has 1 aliphatic rings. The van der Waals surface area contributed by atoms with Gasteiger partial charge in [0.2, 0.25) is 5.91 Å². The van der Waals surface area contributed by atoms with E-state index in [4.69, 9.17) is 0 Å². The minimum Gasteiger partial charge on any atom is -0.388 e. The average Bonchev–Trinajstić information content (AvgIpc) is 2.44. The molecule has 76 valence electrons. The Labute approximate surface area is 81.9 Å². The first-order valence-corrected chi connectivity index (χ1v) is 5.52. The molecule has 1 saturated heterocycles. The van der Waals surface area contributed by atoms with Crippen LogP contribution in [0.3, 0.4) is 0 Å². The molecule has 13 heavy (non-hydrogen) atoms. The summed E-state index contributed by atoms with van der Waals surface area (Å²) in [5.74, 6) is -0.0110. The van der Waals surface area contributed by atoms with Gasteiger partial charge in [0.1, 0.15) is 0 Å². The lowest BCUT2D eigenvalue weighted by atomic mass is 10.3. The van der Waals surface area contributed by atoms with Crippen LogP contribution >= 0.6 is 11.8 Å². The van der Waals surface area contributed by atoms with Crippen LogP contribution in [-0.4, -0.2) is 57.8 Å². The van der Waals surface area contributed by atoms with E-state index in [9.17, 15) is 15.0 Å². The predicted molar refractivity (Wildman–Crippen MR) is 51.6 cm³/mol. The maximum Gasteiger partial charge on any atom is 0.235 e. The van der Waals surface area contributed by atoms with E-state index in [1.807, 2.05) is 13.2 Å². The van der Waals surface area contributed by atoms with E-state index in [-0.39, 0.29) is 24.2 Å². The van der Waals surface area contributed by atoms with Gasteiger partial charge in [0, 0.05) is 13.1 Å². The van der Waals surface area contributed by atoms with Crippen LogP contribution in [0.15, 0.2) is 0 Å². The number of carbonyl (C=O) groups excluding carboxylic acids is 1. The van der Waals surface area contributed by atoms with E-state index in [0.717, 1.165) is 0 Å². The van der Waals surface area contributed by atoms with Crippen LogP contribution in [0.4, 0.5) is 0 Å². The number of β-amino-alcohol motifs (C(OH)–C–C–N with tert-alkyl or cyclic N) is 2. The van der Waals surface area contributed by atoms with Crippen LogP contribution in [0.1, 0.15) is 6.92 Å². The first-order chi connectivity index (χ1) is 6.06. The predicted octanol–water partition coefficient (Wildman–Crippen LogP) is -0.698. The molecule has 1 amide bonds. The summed E-state index contributed by atoms with van der Waals surface area (Å²) in [4.78, 5) is 13.1. The monoisotopic (exact) mass is 205 g/mol. The number of nitrogens with zero attached hydrogens (tertiary/aromatic N) is 1. The summed E-state index contributed by atoms with van der Waals surface area (Å²) in [6, 6.07) is 0. The number of thioether (sulfide) groups is 1. The van der Waals surface area contributed by atoms with Crippen LogP contribution in [-0.2, 0) is 4.79 Å². The van der Waals surface area contributed by atoms with Crippen molar-refractivity contribution < 1.29 is 15.0 Å². The molecule has 5 heteroatoms. The SMILES string of the molecule is CSC(C)C(=O)N1C[C@@H](O)[C@@H](O)C1. The summed E-state index contributed by atoms with van der Waals surface area (Å²) in [6.45, 7) is 2.33. The van der Waals surface area contributed by atoms with Crippen molar-refractivity contribution >= 4 is 17.7 Å². The fourth-order valence-corrected chi connectivity index (χ4v) is 1.66. The molecule has 0 radical (unpaired) electrons. The Balaban J connectivity index is 2.50. The number of amides is 1. The third kappa shape index (κ3) is 2.36. The number of aliphatic hydroxyl groups excluding tert-OH is 2. The molecule has 1 aliphatic heterocycles. The Bertz CT molecular complexity index is 190. The zero-order valence-corrected chi connectivity index (χ0v) is 8.62. The lowest BCUT2D eigenvalue weighted by Gasteiger charge is -2.18. The van der Waals surface area contributed by atoms with Crippen molar-refractivity contribution in [3.63, 3.8) is 0 Å². The second kappa shape index (κ2) is 4.30. The Kier molecular flexibility index (Phi) is 3.58. The van der Waals surface area contributed by atoms with E-state index < -0.39 is 12.2 Å². The molecule has 0 saturated carbocycles. The fourth-order valence-electron chi connectivity index (χ4n) is 1.31. The van der Waals surface area contributed by atoms with Gasteiger partial charge in [-0.3, -0.25) is 4.79 Å². The summed E-state index contributed by atoms with van der Waals surface area (Å²) < 4.78 is 0. The van der Waals surface area contributed by atoms with Gasteiger partial charge in [-0.15, -0.1) is 0 Å². The Morgan fingerprint density at radius 1 is 1.46 bits per heavy atom. The molecule has 1 fully saturated rings. The molecule has 0 spiro atoms. The van der Waals surface area contributed by atoms with Gasteiger partial charge in [0.15, 0.2) is 0 Å². The molecule has 4 nitrogen and oxygen atoms in total. The van der Waals surface area contributed by atoms with Gasteiger partial charge in [0.05, 0.1) is 17.5 Å². The van der Waals surface area contributed by atoms with E-state index in [1.165, 1.54) is 16.7 Å². The van der Waals surface area contributed by atoms with E-state index in [1.54, 1.807) is 0 Å². The van der Waals surface area contributed by atoms with Gasteiger partial charge < -0.3 is 15.1 Å². The molecule has 2 N–H and O–H groups in total. The van der Waals surface area contributed by atoms with Crippen molar-refractivity contribution in [3.05, 3.63) is 0 Å². The number of aliphatic hydroxyl groups is 2. The second-order valence-electron chi connectivity index (χ2n) is 3.26. The molecule has 0 aromatic heterocycles. The van der Waals surface area contributed by atoms with Gasteiger partial charge in [-0.25, -0.2) is 0 Å². The normalized spacial score (nSPS) is 30.6. The molecule has 1 heterocycles. The van der Waals surface area contributed by atoms with Crippen molar-refractivity contribution in [1.29, 1.82) is 0 Å². The smallest absolute Gasteiger partial charge is 0.235 e. The fraction of sp³-hybridized carbons (Fsp3) is 0.875. The molecular formula is C8H15NO3S. The molecule has 0 aliphatic carbocycles. The van der Waals surface area contributed by atoms with Crippen LogP contribution < -0.4 is 0 Å². The zero-order valence-electron chi connectivity index (χ0n) is 7.80.